The second-order valence-electron chi connectivity index (χ2n) is 7.81. The van der Waals surface area contributed by atoms with Crippen LogP contribution in [0.2, 0.25) is 0 Å². The number of fused-ring (bicyclic) bond motifs is 1. The van der Waals surface area contributed by atoms with E-state index in [9.17, 15) is 4.79 Å². The van der Waals surface area contributed by atoms with Gasteiger partial charge in [0.15, 0.2) is 6.29 Å². The van der Waals surface area contributed by atoms with Crippen LogP contribution < -0.4 is 0 Å². The summed E-state index contributed by atoms with van der Waals surface area (Å²) in [5.74, 6) is -0.399. The molecule has 5 rings (SSSR count). The van der Waals surface area contributed by atoms with E-state index in [4.69, 9.17) is 14.2 Å². The molecule has 0 unspecified atom stereocenters. The highest BCUT2D eigenvalue weighted by atomic mass is 16.8. The van der Waals surface area contributed by atoms with Gasteiger partial charge in [-0.05, 0) is 25.7 Å². The maximum atomic E-state index is 11.3. The van der Waals surface area contributed by atoms with Gasteiger partial charge in [-0.3, -0.25) is 0 Å². The van der Waals surface area contributed by atoms with Gasteiger partial charge in [0, 0.05) is 24.3 Å². The molecule has 4 nitrogen and oxygen atoms in total. The predicted octanol–water partition coefficient (Wildman–Crippen LogP) is 3.90. The van der Waals surface area contributed by atoms with Crippen LogP contribution in [0.3, 0.4) is 0 Å². The van der Waals surface area contributed by atoms with Crippen LogP contribution in [0.25, 0.3) is 0 Å². The molecule has 0 radical (unpaired) electrons. The van der Waals surface area contributed by atoms with E-state index in [2.05, 4.69) is 12.1 Å². The summed E-state index contributed by atoms with van der Waals surface area (Å²) in [7, 11) is 0. The SMILES string of the molecule is O=CC[C@]12CCC[C@H]1[C@@]13CCCC[C@@]1(O[C@@H](c1ccccc1)O3)O2. The average molecular weight is 328 g/mol. The van der Waals surface area contributed by atoms with Crippen molar-refractivity contribution in [1.82, 2.24) is 0 Å². The van der Waals surface area contributed by atoms with Gasteiger partial charge in [-0.2, -0.15) is 0 Å². The molecule has 128 valence electrons. The molecule has 2 saturated carbocycles. The third kappa shape index (κ3) is 1.77. The van der Waals surface area contributed by atoms with E-state index in [1.54, 1.807) is 0 Å². The van der Waals surface area contributed by atoms with Crippen LogP contribution >= 0.6 is 0 Å². The molecule has 5 atom stereocenters. The predicted molar refractivity (Wildman–Crippen MR) is 87.1 cm³/mol. The van der Waals surface area contributed by atoms with E-state index >= 15 is 0 Å². The van der Waals surface area contributed by atoms with E-state index in [0.717, 1.165) is 56.8 Å². The second kappa shape index (κ2) is 5.13. The molecule has 2 heterocycles. The Morgan fingerprint density at radius 1 is 1.04 bits per heavy atom. The maximum absolute atomic E-state index is 11.3. The number of hydrogen-bond donors (Lipinski definition) is 0. The summed E-state index contributed by atoms with van der Waals surface area (Å²) >= 11 is 0. The van der Waals surface area contributed by atoms with Crippen molar-refractivity contribution in [3.05, 3.63) is 35.9 Å². The van der Waals surface area contributed by atoms with Gasteiger partial charge < -0.3 is 19.0 Å². The number of aldehydes is 1. The fraction of sp³-hybridized carbons (Fsp3) is 0.650. The first-order valence-electron chi connectivity index (χ1n) is 9.28. The van der Waals surface area contributed by atoms with Crippen molar-refractivity contribution in [3.8, 4) is 0 Å². The van der Waals surface area contributed by atoms with Crippen LogP contribution in [0.4, 0.5) is 0 Å². The lowest BCUT2D eigenvalue weighted by atomic mass is 9.69. The van der Waals surface area contributed by atoms with E-state index in [1.807, 2.05) is 18.2 Å². The first-order chi connectivity index (χ1) is 11.7. The third-order valence-electron chi connectivity index (χ3n) is 6.72. The molecule has 0 bridgehead atoms. The summed E-state index contributed by atoms with van der Waals surface area (Å²) in [5.41, 5.74) is 0.300. The third-order valence-corrected chi connectivity index (χ3v) is 6.72. The molecule has 4 heteroatoms. The molecule has 4 fully saturated rings. The van der Waals surface area contributed by atoms with Crippen molar-refractivity contribution >= 4 is 6.29 Å². The number of ether oxygens (including phenoxy) is 3. The van der Waals surface area contributed by atoms with E-state index < -0.39 is 5.79 Å². The summed E-state index contributed by atoms with van der Waals surface area (Å²) in [6.07, 6.45) is 8.32. The molecule has 2 aliphatic heterocycles. The summed E-state index contributed by atoms with van der Waals surface area (Å²) in [6.45, 7) is 0. The lowest BCUT2D eigenvalue weighted by molar-refractivity contribution is -0.268. The van der Waals surface area contributed by atoms with Gasteiger partial charge in [-0.1, -0.05) is 43.2 Å². The Labute approximate surface area is 142 Å². The van der Waals surface area contributed by atoms with E-state index in [0.29, 0.717) is 6.42 Å². The Kier molecular flexibility index (Phi) is 3.22. The molecule has 24 heavy (non-hydrogen) atoms. The normalized spacial score (nSPS) is 46.3. The van der Waals surface area contributed by atoms with Crippen molar-refractivity contribution in [2.24, 2.45) is 5.92 Å². The smallest absolute Gasteiger partial charge is 0.201 e. The van der Waals surface area contributed by atoms with Crippen molar-refractivity contribution < 1.29 is 19.0 Å². The molecule has 2 aliphatic carbocycles. The molecule has 1 aromatic rings. The highest BCUT2D eigenvalue weighted by Gasteiger charge is 2.77. The van der Waals surface area contributed by atoms with Crippen molar-refractivity contribution in [3.63, 3.8) is 0 Å². The zero-order chi connectivity index (χ0) is 16.3. The minimum absolute atomic E-state index is 0.268. The van der Waals surface area contributed by atoms with Crippen LogP contribution in [0.5, 0.6) is 0 Å². The molecule has 0 N–H and O–H groups in total. The van der Waals surface area contributed by atoms with Gasteiger partial charge in [0.05, 0.1) is 5.60 Å². The lowest BCUT2D eigenvalue weighted by Gasteiger charge is -2.41. The van der Waals surface area contributed by atoms with Crippen molar-refractivity contribution in [2.75, 3.05) is 0 Å². The second-order valence-corrected chi connectivity index (χ2v) is 7.81. The van der Waals surface area contributed by atoms with Gasteiger partial charge in [-0.25, -0.2) is 0 Å². The van der Waals surface area contributed by atoms with Crippen molar-refractivity contribution in [2.45, 2.75) is 74.6 Å². The molecule has 0 amide bonds. The lowest BCUT2D eigenvalue weighted by Crippen LogP contribution is -2.53. The fourth-order valence-corrected chi connectivity index (χ4v) is 5.85. The number of rotatable bonds is 3. The Hall–Kier alpha value is -1.23. The van der Waals surface area contributed by atoms with E-state index in [-0.39, 0.29) is 23.4 Å². The van der Waals surface area contributed by atoms with Gasteiger partial charge >= 0.3 is 0 Å². The largest absolute Gasteiger partial charge is 0.340 e. The molecule has 2 saturated heterocycles. The van der Waals surface area contributed by atoms with Crippen molar-refractivity contribution in [1.29, 1.82) is 0 Å². The average Bonchev–Trinajstić information content (AvgIpc) is 3.20. The molecule has 1 aromatic carbocycles. The summed E-state index contributed by atoms with van der Waals surface area (Å²) in [4.78, 5) is 11.3. The molecule has 0 aromatic heterocycles. The van der Waals surface area contributed by atoms with Gasteiger partial charge in [-0.15, -0.1) is 0 Å². The zero-order valence-electron chi connectivity index (χ0n) is 13.9. The minimum Gasteiger partial charge on any atom is -0.340 e. The quantitative estimate of drug-likeness (QED) is 0.790. The molecular formula is C20H24O4. The van der Waals surface area contributed by atoms with Crippen LogP contribution in [0.15, 0.2) is 30.3 Å². The first-order valence-corrected chi connectivity index (χ1v) is 9.28. The number of hydrogen-bond acceptors (Lipinski definition) is 4. The zero-order valence-corrected chi connectivity index (χ0v) is 13.9. The van der Waals surface area contributed by atoms with Gasteiger partial charge in [0.1, 0.15) is 11.9 Å². The summed E-state index contributed by atoms with van der Waals surface area (Å²) < 4.78 is 19.9. The highest BCUT2D eigenvalue weighted by molar-refractivity contribution is 5.52. The monoisotopic (exact) mass is 328 g/mol. The highest BCUT2D eigenvalue weighted by Crippen LogP contribution is 2.69. The number of carbonyl (C=O) groups is 1. The van der Waals surface area contributed by atoms with Crippen LogP contribution in [-0.2, 0) is 19.0 Å². The topological polar surface area (TPSA) is 44.8 Å². The van der Waals surface area contributed by atoms with Gasteiger partial charge in [0.25, 0.3) is 0 Å². The van der Waals surface area contributed by atoms with Gasteiger partial charge in [0.2, 0.25) is 5.79 Å². The molecule has 4 aliphatic rings. The van der Waals surface area contributed by atoms with Crippen LogP contribution in [-0.4, -0.2) is 23.3 Å². The Balaban J connectivity index is 1.57. The standard InChI is InChI=1S/C20H24O4/c21-14-13-18-10-6-9-16(18)19-11-4-5-12-20(19,24-18)23-17(22-19)15-7-2-1-3-8-15/h1-3,7-8,14,16-17H,4-6,9-13H2/t16-,17+,18-,19+,20-/m1/s1. The Morgan fingerprint density at radius 3 is 2.71 bits per heavy atom. The number of benzene rings is 1. The molecule has 0 spiro atoms. The maximum Gasteiger partial charge on any atom is 0.201 e. The minimum atomic E-state index is -0.667. The summed E-state index contributed by atoms with van der Waals surface area (Å²) in [6, 6.07) is 10.1. The Bertz CT molecular complexity index is 646. The molecular weight excluding hydrogens is 304 g/mol. The number of carbonyl (C=O) groups excluding carboxylic acids is 1. The van der Waals surface area contributed by atoms with Crippen LogP contribution in [0.1, 0.15) is 63.2 Å². The first kappa shape index (κ1) is 15.1. The van der Waals surface area contributed by atoms with E-state index in [1.165, 1.54) is 0 Å². The van der Waals surface area contributed by atoms with Crippen LogP contribution in [0, 0.1) is 5.92 Å². The Morgan fingerprint density at radius 2 is 1.88 bits per heavy atom. The fourth-order valence-electron chi connectivity index (χ4n) is 5.85. The summed E-state index contributed by atoms with van der Waals surface area (Å²) in [5, 5.41) is 0.